The van der Waals surface area contributed by atoms with Gasteiger partial charge < -0.3 is 13.8 Å². The molecule has 0 saturated carbocycles. The second-order valence-corrected chi connectivity index (χ2v) is 20.8. The number of hydrogen-bond donors (Lipinski definition) is 0. The van der Waals surface area contributed by atoms with E-state index in [0.29, 0.717) is 19.6 Å². The first-order chi connectivity index (χ1) is 12.0. The van der Waals surface area contributed by atoms with Gasteiger partial charge in [-0.25, -0.2) is 0 Å². The van der Waals surface area contributed by atoms with Crippen LogP contribution in [0.3, 0.4) is 0 Å². The molecule has 1 heterocycles. The molecular formula is C21H45NO3Si2. The van der Waals surface area contributed by atoms with Crippen LogP contribution in [0.25, 0.3) is 0 Å². The fourth-order valence-corrected chi connectivity index (χ4v) is 5.00. The van der Waals surface area contributed by atoms with Crippen LogP contribution in [0.5, 0.6) is 0 Å². The lowest BCUT2D eigenvalue weighted by Gasteiger charge is -2.40. The van der Waals surface area contributed by atoms with Gasteiger partial charge in [0, 0.05) is 6.42 Å². The largest absolute Gasteiger partial charge is 0.415 e. The first-order valence-electron chi connectivity index (χ1n) is 10.6. The number of amides is 1. The molecule has 1 aliphatic heterocycles. The molecule has 2 atom stereocenters. The molecule has 160 valence electrons. The number of likely N-dealkylation sites (tertiary alicyclic amines) is 1. The number of rotatable bonds is 7. The first kappa shape index (κ1) is 24.9. The van der Waals surface area contributed by atoms with E-state index in [9.17, 15) is 4.79 Å². The summed E-state index contributed by atoms with van der Waals surface area (Å²) in [5, 5.41) is 0.381. The minimum Gasteiger partial charge on any atom is -0.415 e. The minimum atomic E-state index is -1.80. The molecule has 0 unspecified atom stereocenters. The van der Waals surface area contributed by atoms with Gasteiger partial charge in [0.05, 0.1) is 25.3 Å². The van der Waals surface area contributed by atoms with Gasteiger partial charge in [0.1, 0.15) is 0 Å². The van der Waals surface area contributed by atoms with Gasteiger partial charge in [-0.15, -0.1) is 0 Å². The van der Waals surface area contributed by atoms with Crippen LogP contribution in [0.4, 0.5) is 0 Å². The predicted molar refractivity (Wildman–Crippen MR) is 120 cm³/mol. The average Bonchev–Trinajstić information content (AvgIpc) is 2.91. The number of carbonyl (C=O) groups is 1. The molecule has 4 nitrogen and oxygen atoms in total. The van der Waals surface area contributed by atoms with E-state index in [1.165, 1.54) is 0 Å². The van der Waals surface area contributed by atoms with E-state index in [1.54, 1.807) is 0 Å². The van der Waals surface area contributed by atoms with Gasteiger partial charge in [0.15, 0.2) is 16.6 Å². The maximum absolute atomic E-state index is 12.7. The third kappa shape index (κ3) is 6.15. The number of hydrogen-bond acceptors (Lipinski definition) is 3. The van der Waals surface area contributed by atoms with Gasteiger partial charge in [-0.05, 0) is 49.1 Å². The molecule has 27 heavy (non-hydrogen) atoms. The summed E-state index contributed by atoms with van der Waals surface area (Å²) >= 11 is 0. The Bertz CT molecular complexity index is 469. The normalized spacial score (nSPS) is 22.4. The minimum absolute atomic E-state index is 0.191. The van der Waals surface area contributed by atoms with Crippen molar-refractivity contribution in [2.24, 2.45) is 0 Å². The van der Waals surface area contributed by atoms with Gasteiger partial charge in [-0.1, -0.05) is 48.5 Å². The van der Waals surface area contributed by atoms with Crippen molar-refractivity contribution < 1.29 is 13.6 Å². The van der Waals surface area contributed by atoms with Crippen LogP contribution < -0.4 is 0 Å². The monoisotopic (exact) mass is 415 g/mol. The fourth-order valence-electron chi connectivity index (χ4n) is 2.92. The van der Waals surface area contributed by atoms with Crippen LogP contribution in [-0.2, 0) is 13.6 Å². The van der Waals surface area contributed by atoms with Crippen molar-refractivity contribution in [2.45, 2.75) is 116 Å². The zero-order valence-electron chi connectivity index (χ0n) is 19.9. The standard InChI is InChI=1S/C21H45NO3Si2/c1-12-19(23)22-17(15-24-26(8,9)20(2,3)4)13-14-18(22)16-25-27(10,11)21(5,6)7/h17-18H,12-16H2,1-11H3/t17-,18-/m1/s1. The Morgan fingerprint density at radius 3 is 1.44 bits per heavy atom. The molecule has 0 radical (unpaired) electrons. The number of carbonyl (C=O) groups excluding carboxylic acids is 1. The van der Waals surface area contributed by atoms with Crippen LogP contribution in [-0.4, -0.2) is 52.7 Å². The lowest BCUT2D eigenvalue weighted by atomic mass is 10.2. The molecule has 0 aromatic carbocycles. The summed E-state index contributed by atoms with van der Waals surface area (Å²) in [6.45, 7) is 26.0. The summed E-state index contributed by atoms with van der Waals surface area (Å²) < 4.78 is 12.9. The molecular weight excluding hydrogens is 370 g/mol. The van der Waals surface area contributed by atoms with Crippen LogP contribution in [0.1, 0.15) is 67.7 Å². The predicted octanol–water partition coefficient (Wildman–Crippen LogP) is 5.80. The van der Waals surface area contributed by atoms with Crippen molar-refractivity contribution in [2.75, 3.05) is 13.2 Å². The van der Waals surface area contributed by atoms with Gasteiger partial charge in [-0.3, -0.25) is 4.79 Å². The highest BCUT2D eigenvalue weighted by Gasteiger charge is 2.43. The maximum atomic E-state index is 12.7. The Hall–Kier alpha value is -0.176. The third-order valence-corrected chi connectivity index (χ3v) is 16.1. The van der Waals surface area contributed by atoms with Crippen molar-refractivity contribution in [3.05, 3.63) is 0 Å². The molecule has 1 rings (SSSR count). The maximum Gasteiger partial charge on any atom is 0.222 e. The number of nitrogens with zero attached hydrogens (tertiary/aromatic N) is 1. The lowest BCUT2D eigenvalue weighted by Crippen LogP contribution is -2.50. The van der Waals surface area contributed by atoms with Gasteiger partial charge in [0.25, 0.3) is 0 Å². The van der Waals surface area contributed by atoms with Gasteiger partial charge >= 0.3 is 0 Å². The third-order valence-electron chi connectivity index (χ3n) is 7.10. The van der Waals surface area contributed by atoms with E-state index in [1.807, 2.05) is 6.92 Å². The van der Waals surface area contributed by atoms with E-state index in [-0.39, 0.29) is 28.1 Å². The van der Waals surface area contributed by atoms with Crippen LogP contribution >= 0.6 is 0 Å². The molecule has 0 N–H and O–H groups in total. The topological polar surface area (TPSA) is 38.8 Å². The Labute approximate surface area is 170 Å². The quantitative estimate of drug-likeness (QED) is 0.493. The Morgan fingerprint density at radius 1 is 0.852 bits per heavy atom. The fraction of sp³-hybridized carbons (Fsp3) is 0.952. The van der Waals surface area contributed by atoms with Crippen LogP contribution in [0.15, 0.2) is 0 Å². The van der Waals surface area contributed by atoms with E-state index in [4.69, 9.17) is 8.85 Å². The van der Waals surface area contributed by atoms with Crippen molar-refractivity contribution in [3.63, 3.8) is 0 Å². The zero-order chi connectivity index (χ0) is 21.3. The van der Waals surface area contributed by atoms with Crippen molar-refractivity contribution in [1.82, 2.24) is 4.90 Å². The molecule has 0 aromatic rings. The Balaban J connectivity index is 2.82. The van der Waals surface area contributed by atoms with Gasteiger partial charge in [-0.2, -0.15) is 0 Å². The highest BCUT2D eigenvalue weighted by atomic mass is 28.4. The first-order valence-corrected chi connectivity index (χ1v) is 16.4. The molecule has 1 aliphatic rings. The zero-order valence-corrected chi connectivity index (χ0v) is 21.9. The van der Waals surface area contributed by atoms with Crippen molar-refractivity contribution in [3.8, 4) is 0 Å². The second kappa shape index (κ2) is 8.68. The highest BCUT2D eigenvalue weighted by Crippen LogP contribution is 2.39. The van der Waals surface area contributed by atoms with Crippen molar-refractivity contribution in [1.29, 1.82) is 0 Å². The molecule has 1 fully saturated rings. The van der Waals surface area contributed by atoms with Crippen molar-refractivity contribution >= 4 is 22.5 Å². The molecule has 0 aliphatic carbocycles. The molecule has 1 amide bonds. The Kier molecular flexibility index (Phi) is 7.99. The van der Waals surface area contributed by atoms with Gasteiger partial charge in [0.2, 0.25) is 5.91 Å². The molecule has 0 spiro atoms. The van der Waals surface area contributed by atoms with E-state index in [0.717, 1.165) is 12.8 Å². The summed E-state index contributed by atoms with van der Waals surface area (Å²) in [6.07, 6.45) is 2.59. The Morgan fingerprint density at radius 2 is 1.19 bits per heavy atom. The molecule has 6 heteroatoms. The van der Waals surface area contributed by atoms with E-state index in [2.05, 4.69) is 72.6 Å². The summed E-state index contributed by atoms with van der Waals surface area (Å²) in [4.78, 5) is 14.8. The molecule has 0 aromatic heterocycles. The van der Waals surface area contributed by atoms with Crippen LogP contribution in [0.2, 0.25) is 36.3 Å². The van der Waals surface area contributed by atoms with E-state index >= 15 is 0 Å². The SMILES string of the molecule is CCC(=O)N1[C@@H](CO[Si](C)(C)C(C)(C)C)CC[C@@H]1CO[Si](C)(C)C(C)(C)C. The summed E-state index contributed by atoms with van der Waals surface area (Å²) in [5.74, 6) is 0.236. The average molecular weight is 416 g/mol. The highest BCUT2D eigenvalue weighted by molar-refractivity contribution is 6.74. The molecule has 0 bridgehead atoms. The summed E-state index contributed by atoms with van der Waals surface area (Å²) in [6, 6.07) is 0.388. The van der Waals surface area contributed by atoms with E-state index < -0.39 is 16.6 Å². The smallest absolute Gasteiger partial charge is 0.222 e. The molecule has 1 saturated heterocycles. The summed E-state index contributed by atoms with van der Waals surface area (Å²) in [7, 11) is -3.61. The summed E-state index contributed by atoms with van der Waals surface area (Å²) in [5.41, 5.74) is 0. The lowest BCUT2D eigenvalue weighted by molar-refractivity contribution is -0.135. The van der Waals surface area contributed by atoms with Crippen LogP contribution in [0, 0.1) is 0 Å². The second-order valence-electron chi connectivity index (χ2n) is 11.2.